The van der Waals surface area contributed by atoms with Gasteiger partial charge in [0.2, 0.25) is 0 Å². The monoisotopic (exact) mass is 300 g/mol. The fourth-order valence-electron chi connectivity index (χ4n) is 0. The van der Waals surface area contributed by atoms with E-state index in [1.54, 1.807) is 0 Å². The predicted molar refractivity (Wildman–Crippen MR) is 20.3 cm³/mol. The van der Waals surface area contributed by atoms with Crippen molar-refractivity contribution < 1.29 is 0 Å². The second-order valence-electron chi connectivity index (χ2n) is 0.816. The molecule has 0 spiro atoms. The Morgan fingerprint density at radius 3 is 1.80 bits per heavy atom. The van der Waals surface area contributed by atoms with E-state index >= 15 is 0 Å². The van der Waals surface area contributed by atoms with Gasteiger partial charge in [0.1, 0.15) is 0 Å². The molecule has 0 bridgehead atoms. The van der Waals surface area contributed by atoms with E-state index in [0.29, 0.717) is 0 Å². The standard InChI is InChI=1S/C4H9.Cm/c1-3-4-2;/h3H,4H2,1-2H3;/q-1;. The van der Waals surface area contributed by atoms with Gasteiger partial charge >= 0.3 is 0 Å². The maximum absolute atomic E-state index is 2.12. The minimum atomic E-state index is 0. The van der Waals surface area contributed by atoms with Crippen molar-refractivity contribution in [3.8, 4) is 0 Å². The van der Waals surface area contributed by atoms with Gasteiger partial charge < -0.3 is 6.42 Å². The Bertz CT molecular complexity index is 5.61. The molecule has 0 rings (SSSR count). The van der Waals surface area contributed by atoms with E-state index < -0.39 is 0 Å². The maximum Gasteiger partial charge on any atom is 0 e. The molecule has 0 amide bonds. The van der Waals surface area contributed by atoms with Gasteiger partial charge in [0, 0.05) is 0 Å². The van der Waals surface area contributed by atoms with Crippen LogP contribution in [0, 0.1) is 6.42 Å². The number of rotatable bonds is 1. The zero-order chi connectivity index (χ0) is 3.41. The minimum absolute atomic E-state index is 0. The van der Waals surface area contributed by atoms with Crippen LogP contribution in [0.4, 0.5) is 0 Å². The molecule has 0 saturated carbocycles. The van der Waals surface area contributed by atoms with Crippen molar-refractivity contribution in [2.24, 2.45) is 0 Å². The van der Waals surface area contributed by atoms with Crippen molar-refractivity contribution in [2.45, 2.75) is 20.3 Å². The average molecular weight is 304 g/mol. The van der Waals surface area contributed by atoms with Crippen LogP contribution in [-0.2, 0) is 0 Å². The van der Waals surface area contributed by atoms with Gasteiger partial charge in [-0.25, -0.2) is 0 Å². The van der Waals surface area contributed by atoms with Crippen LogP contribution in [0.2, 0.25) is 0 Å². The van der Waals surface area contributed by atoms with Crippen LogP contribution in [0.3, 0.4) is 0 Å². The topological polar surface area (TPSA) is 0 Å². The first-order chi connectivity index (χ1) is 1.91. The summed E-state index contributed by atoms with van der Waals surface area (Å²) in [5.41, 5.74) is 0. The Hall–Kier alpha value is -1.00. The van der Waals surface area contributed by atoms with Gasteiger partial charge in [0.15, 0.2) is 0 Å². The van der Waals surface area contributed by atoms with E-state index in [-0.39, 0.29) is 0 Å². The van der Waals surface area contributed by atoms with Gasteiger partial charge in [-0.05, 0) is 0 Å². The minimum Gasteiger partial charge on any atom is -0.332 e. The van der Waals surface area contributed by atoms with Crippen LogP contribution in [0.1, 0.15) is 20.3 Å². The van der Waals surface area contributed by atoms with Crippen molar-refractivity contribution in [3.63, 3.8) is 0 Å². The van der Waals surface area contributed by atoms with E-state index in [0.717, 1.165) is 0 Å². The van der Waals surface area contributed by atoms with Crippen LogP contribution in [-0.4, -0.2) is 0 Å². The zero-order valence-corrected chi connectivity index (χ0v) is 6.58. The second kappa shape index (κ2) is 12.0. The zero-order valence-electron chi connectivity index (χ0n) is 3.64. The molecular weight excluding hydrogens is 295 g/mol. The van der Waals surface area contributed by atoms with Gasteiger partial charge in [-0.2, -0.15) is 13.3 Å². The average Bonchev–Trinajstić information content (AvgIpc) is 1.37. The molecular formula is C4H9Cm-. The molecule has 1 heteroatoms. The third kappa shape index (κ3) is 0. The molecule has 0 aliphatic heterocycles. The van der Waals surface area contributed by atoms with Gasteiger partial charge in [0.25, 0.3) is 0 Å². The maximum atomic E-state index is 2.12. The largest absolute Gasteiger partial charge is 0.332 e. The summed E-state index contributed by atoms with van der Waals surface area (Å²) >= 11 is 0. The number of hydrogen-bond donors (Lipinski definition) is 0. The Kier molecular flexibility index (Phi) is 21.6. The van der Waals surface area contributed by atoms with Crippen molar-refractivity contribution in [1.29, 1.82) is 0 Å². The van der Waals surface area contributed by atoms with E-state index in [1.165, 1.54) is 6.42 Å². The van der Waals surface area contributed by atoms with Crippen LogP contribution in [0.5, 0.6) is 0 Å². The van der Waals surface area contributed by atoms with Crippen molar-refractivity contribution in [2.75, 3.05) is 0 Å². The third-order valence-corrected chi connectivity index (χ3v) is 0.408. The van der Waals surface area contributed by atoms with Crippen LogP contribution in [0.15, 0.2) is 0 Å². The SMILES string of the molecule is C[CH-]CC.[Cm]. The van der Waals surface area contributed by atoms with Crippen molar-refractivity contribution in [1.82, 2.24) is 0 Å². The molecule has 0 atom stereocenters. The Balaban J connectivity index is 0. The summed E-state index contributed by atoms with van der Waals surface area (Å²) in [6.45, 7) is 4.18. The van der Waals surface area contributed by atoms with E-state index in [9.17, 15) is 0 Å². The van der Waals surface area contributed by atoms with E-state index in [2.05, 4.69) is 20.3 Å². The van der Waals surface area contributed by atoms with E-state index in [1.807, 2.05) is 0 Å². The predicted octanol–water partition coefficient (Wildman–Crippen LogP) is 1.62. The Morgan fingerprint density at radius 1 is 1.60 bits per heavy atom. The molecule has 0 aromatic carbocycles. The Labute approximate surface area is 27.8 Å². The fourth-order valence-corrected chi connectivity index (χ4v) is 0. The summed E-state index contributed by atoms with van der Waals surface area (Å²) < 4.78 is 0. The van der Waals surface area contributed by atoms with Crippen LogP contribution >= 0.6 is 0 Å². The molecule has 0 heterocycles. The molecule has 0 aliphatic carbocycles. The first-order valence-corrected chi connectivity index (χ1v) is 1.69. The molecule has 0 nitrogen and oxygen atoms in total. The van der Waals surface area contributed by atoms with Crippen LogP contribution < -0.4 is 0 Å². The fraction of sp³-hybridized carbons (Fsp3) is 0.750. The molecule has 5 heavy (non-hydrogen) atoms. The van der Waals surface area contributed by atoms with Gasteiger partial charge in [-0.1, -0.05) is 6.92 Å². The molecule has 0 aliphatic rings. The number of unbranched alkanes of at least 4 members (excludes halogenated alkanes) is 1. The second-order valence-corrected chi connectivity index (χ2v) is 0.816. The van der Waals surface area contributed by atoms with Gasteiger partial charge in [-0.3, -0.25) is 0 Å². The number of hydrogen-bond acceptors (Lipinski definition) is 0. The molecule has 0 N–H and O–H groups in total. The molecule has 0 aromatic rings. The molecule has 0 aromatic heterocycles. The van der Waals surface area contributed by atoms with Gasteiger partial charge in [-0.15, -0.1) is 0 Å². The Morgan fingerprint density at radius 2 is 1.80 bits per heavy atom. The third-order valence-electron chi connectivity index (χ3n) is 0.408. The summed E-state index contributed by atoms with van der Waals surface area (Å²) in [6, 6.07) is 0. The summed E-state index contributed by atoms with van der Waals surface area (Å²) in [6.07, 6.45) is 3.32. The molecule has 0 saturated heterocycles. The smallest absolute Gasteiger partial charge is 0 e. The molecule has 0 fully saturated rings. The normalized spacial score (nSPS) is 6.00. The van der Waals surface area contributed by atoms with E-state index in [4.69, 9.17) is 0 Å². The summed E-state index contributed by atoms with van der Waals surface area (Å²) in [5.74, 6) is 0. The first-order valence-electron chi connectivity index (χ1n) is 1.69. The first kappa shape index (κ1) is 9.00. The summed E-state index contributed by atoms with van der Waals surface area (Å²) in [4.78, 5) is 0. The van der Waals surface area contributed by atoms with Crippen molar-refractivity contribution >= 4 is 0 Å². The molecule has 34 valence electrons. The van der Waals surface area contributed by atoms with Gasteiger partial charge in [0.05, 0.1) is 0 Å². The van der Waals surface area contributed by atoms with Crippen molar-refractivity contribution in [3.05, 3.63) is 6.42 Å². The van der Waals surface area contributed by atoms with Crippen LogP contribution in [0.25, 0.3) is 0 Å². The quantitative estimate of drug-likeness (QED) is 0.646. The molecule has 0 unspecified atom stereocenters. The summed E-state index contributed by atoms with van der Waals surface area (Å²) in [5, 5.41) is 0. The summed E-state index contributed by atoms with van der Waals surface area (Å²) in [7, 11) is 0. The molecule has 0 radical (unpaired) electrons.